The molecule has 0 radical (unpaired) electrons. The van der Waals surface area contributed by atoms with Gasteiger partial charge in [-0.05, 0) is 31.6 Å². The van der Waals surface area contributed by atoms with Crippen molar-refractivity contribution >= 4 is 27.0 Å². The Balaban J connectivity index is 2.48. The van der Waals surface area contributed by atoms with Crippen LogP contribution >= 0.6 is 12.2 Å². The summed E-state index contributed by atoms with van der Waals surface area (Å²) in [6, 6.07) is 7.81. The van der Waals surface area contributed by atoms with Crippen molar-refractivity contribution < 1.29 is 8.42 Å². The molecular weight excluding hydrogens is 292 g/mol. The van der Waals surface area contributed by atoms with Gasteiger partial charge in [0.25, 0.3) is 0 Å². The molecule has 0 heterocycles. The molecule has 0 aliphatic heterocycles. The van der Waals surface area contributed by atoms with Gasteiger partial charge in [-0.3, -0.25) is 0 Å². The van der Waals surface area contributed by atoms with E-state index in [1.54, 1.807) is 6.92 Å². The molecule has 20 heavy (non-hydrogen) atoms. The summed E-state index contributed by atoms with van der Waals surface area (Å²) in [6.45, 7) is 3.18. The van der Waals surface area contributed by atoms with Crippen LogP contribution in [0.5, 0.6) is 0 Å². The third-order valence-electron chi connectivity index (χ3n) is 3.10. The third-order valence-corrected chi connectivity index (χ3v) is 5.13. The second kappa shape index (κ2) is 7.71. The number of hydrogen-bond donors (Lipinski definition) is 1. The Morgan fingerprint density at radius 3 is 2.70 bits per heavy atom. The largest absolute Gasteiger partial charge is 0.389 e. The first-order valence-corrected chi connectivity index (χ1v) is 8.84. The van der Waals surface area contributed by atoms with Crippen LogP contribution in [0.1, 0.15) is 24.5 Å². The predicted molar refractivity (Wildman–Crippen MR) is 87.6 cm³/mol. The lowest BCUT2D eigenvalue weighted by molar-refractivity contribution is 0.328. The molecule has 0 fully saturated rings. The maximum atomic E-state index is 11.4. The minimum Gasteiger partial charge on any atom is -0.389 e. The first-order chi connectivity index (χ1) is 9.34. The SMILES string of the molecule is CCS(=O)(=O)CCCN(C)Cc1cccc(C(N)=S)c1. The van der Waals surface area contributed by atoms with E-state index in [0.717, 1.165) is 24.2 Å². The van der Waals surface area contributed by atoms with Crippen molar-refractivity contribution in [1.29, 1.82) is 0 Å². The van der Waals surface area contributed by atoms with Crippen molar-refractivity contribution in [3.05, 3.63) is 35.4 Å². The highest BCUT2D eigenvalue weighted by Gasteiger charge is 2.08. The van der Waals surface area contributed by atoms with Crippen LogP contribution in [0.3, 0.4) is 0 Å². The van der Waals surface area contributed by atoms with Crippen LogP contribution in [0.2, 0.25) is 0 Å². The van der Waals surface area contributed by atoms with Gasteiger partial charge in [0.1, 0.15) is 14.8 Å². The molecule has 0 amide bonds. The van der Waals surface area contributed by atoms with Gasteiger partial charge >= 0.3 is 0 Å². The van der Waals surface area contributed by atoms with E-state index in [2.05, 4.69) is 4.90 Å². The van der Waals surface area contributed by atoms with E-state index >= 15 is 0 Å². The first-order valence-electron chi connectivity index (χ1n) is 6.62. The van der Waals surface area contributed by atoms with Crippen LogP contribution in [0.4, 0.5) is 0 Å². The third kappa shape index (κ3) is 5.98. The van der Waals surface area contributed by atoms with Gasteiger partial charge in [-0.25, -0.2) is 8.42 Å². The van der Waals surface area contributed by atoms with Gasteiger partial charge in [0.15, 0.2) is 0 Å². The second-order valence-corrected chi connectivity index (χ2v) is 7.80. The van der Waals surface area contributed by atoms with Crippen LogP contribution in [0, 0.1) is 0 Å². The average molecular weight is 314 g/mol. The fraction of sp³-hybridized carbons (Fsp3) is 0.500. The Morgan fingerprint density at radius 2 is 2.10 bits per heavy atom. The number of sulfone groups is 1. The molecule has 0 aromatic heterocycles. The summed E-state index contributed by atoms with van der Waals surface area (Å²) in [7, 11) is -0.888. The highest BCUT2D eigenvalue weighted by molar-refractivity contribution is 7.91. The van der Waals surface area contributed by atoms with E-state index in [9.17, 15) is 8.42 Å². The van der Waals surface area contributed by atoms with E-state index in [1.807, 2.05) is 31.3 Å². The van der Waals surface area contributed by atoms with Crippen molar-refractivity contribution in [2.45, 2.75) is 19.9 Å². The lowest BCUT2D eigenvalue weighted by Crippen LogP contribution is -2.22. The highest BCUT2D eigenvalue weighted by Crippen LogP contribution is 2.08. The molecule has 0 aliphatic carbocycles. The molecule has 1 rings (SSSR count). The number of hydrogen-bond acceptors (Lipinski definition) is 4. The minimum absolute atomic E-state index is 0.215. The smallest absolute Gasteiger partial charge is 0.150 e. The second-order valence-electron chi connectivity index (χ2n) is 4.89. The summed E-state index contributed by atoms with van der Waals surface area (Å²) < 4.78 is 22.8. The van der Waals surface area contributed by atoms with Gasteiger partial charge in [-0.15, -0.1) is 0 Å². The number of benzene rings is 1. The topological polar surface area (TPSA) is 63.4 Å². The van der Waals surface area contributed by atoms with Crippen LogP contribution < -0.4 is 5.73 Å². The molecule has 0 unspecified atom stereocenters. The van der Waals surface area contributed by atoms with Crippen molar-refractivity contribution in [1.82, 2.24) is 4.90 Å². The van der Waals surface area contributed by atoms with E-state index in [4.69, 9.17) is 18.0 Å². The van der Waals surface area contributed by atoms with Crippen molar-refractivity contribution in [3.8, 4) is 0 Å². The van der Waals surface area contributed by atoms with Crippen LogP contribution in [-0.4, -0.2) is 43.4 Å². The minimum atomic E-state index is -2.87. The molecule has 1 aromatic rings. The summed E-state index contributed by atoms with van der Waals surface area (Å²) >= 11 is 4.96. The van der Waals surface area contributed by atoms with Gasteiger partial charge in [0.05, 0.1) is 5.75 Å². The van der Waals surface area contributed by atoms with Gasteiger partial charge in [-0.2, -0.15) is 0 Å². The van der Waals surface area contributed by atoms with Gasteiger partial charge in [0.2, 0.25) is 0 Å². The van der Waals surface area contributed by atoms with Crippen molar-refractivity contribution in [2.75, 3.05) is 25.1 Å². The van der Waals surface area contributed by atoms with Gasteiger partial charge in [0, 0.05) is 17.9 Å². The fourth-order valence-corrected chi connectivity index (χ4v) is 2.90. The molecule has 1 aromatic carbocycles. The molecule has 0 bridgehead atoms. The van der Waals surface area contributed by atoms with Crippen LogP contribution in [0.15, 0.2) is 24.3 Å². The Morgan fingerprint density at radius 1 is 1.40 bits per heavy atom. The zero-order valence-corrected chi connectivity index (χ0v) is 13.6. The molecule has 0 aliphatic rings. The average Bonchev–Trinajstić information content (AvgIpc) is 2.38. The Labute approximate surface area is 126 Å². The monoisotopic (exact) mass is 314 g/mol. The highest BCUT2D eigenvalue weighted by atomic mass is 32.2. The normalized spacial score (nSPS) is 11.8. The Bertz CT molecular complexity index is 556. The standard InChI is InChI=1S/C14H22N2O2S2/c1-3-20(17,18)9-5-8-16(2)11-12-6-4-7-13(10-12)14(15)19/h4,6-7,10H,3,5,8-9,11H2,1-2H3,(H2,15,19). The number of nitrogens with two attached hydrogens (primary N) is 1. The first kappa shape index (κ1) is 17.1. The predicted octanol–water partition coefficient (Wildman–Crippen LogP) is 1.58. The summed E-state index contributed by atoms with van der Waals surface area (Å²) in [5, 5.41) is 0. The zero-order valence-electron chi connectivity index (χ0n) is 12.0. The van der Waals surface area contributed by atoms with Gasteiger partial charge < -0.3 is 10.6 Å². The maximum Gasteiger partial charge on any atom is 0.150 e. The van der Waals surface area contributed by atoms with Crippen molar-refractivity contribution in [3.63, 3.8) is 0 Å². The molecule has 0 saturated carbocycles. The Hall–Kier alpha value is -0.980. The molecular formula is C14H22N2O2S2. The van der Waals surface area contributed by atoms with Crippen LogP contribution in [0.25, 0.3) is 0 Å². The van der Waals surface area contributed by atoms with E-state index in [1.165, 1.54) is 0 Å². The molecule has 2 N–H and O–H groups in total. The summed E-state index contributed by atoms with van der Waals surface area (Å²) in [5.41, 5.74) is 7.59. The van der Waals surface area contributed by atoms with Crippen LogP contribution in [-0.2, 0) is 16.4 Å². The Kier molecular flexibility index (Phi) is 6.58. The van der Waals surface area contributed by atoms with E-state index < -0.39 is 9.84 Å². The summed E-state index contributed by atoms with van der Waals surface area (Å²) in [5.74, 6) is 0.466. The summed E-state index contributed by atoms with van der Waals surface area (Å²) in [6.07, 6.45) is 0.654. The number of thiocarbonyl (C=S) groups is 1. The molecule has 0 saturated heterocycles. The maximum absolute atomic E-state index is 11.4. The lowest BCUT2D eigenvalue weighted by atomic mass is 10.1. The summed E-state index contributed by atoms with van der Waals surface area (Å²) in [4.78, 5) is 2.49. The van der Waals surface area contributed by atoms with Gasteiger partial charge in [-0.1, -0.05) is 37.3 Å². The molecule has 6 heteroatoms. The zero-order chi connectivity index (χ0) is 15.2. The quantitative estimate of drug-likeness (QED) is 0.738. The number of rotatable bonds is 8. The molecule has 112 valence electrons. The van der Waals surface area contributed by atoms with E-state index in [0.29, 0.717) is 11.4 Å². The lowest BCUT2D eigenvalue weighted by Gasteiger charge is -2.17. The van der Waals surface area contributed by atoms with Crippen molar-refractivity contribution in [2.24, 2.45) is 5.73 Å². The molecule has 0 atom stereocenters. The molecule has 0 spiro atoms. The fourth-order valence-electron chi connectivity index (χ4n) is 1.91. The van der Waals surface area contributed by atoms with E-state index in [-0.39, 0.29) is 11.5 Å². The molecule has 4 nitrogen and oxygen atoms in total. The number of nitrogens with zero attached hydrogens (tertiary/aromatic N) is 1.